The highest BCUT2D eigenvalue weighted by atomic mass is 32.2. The second-order valence-electron chi connectivity index (χ2n) is 3.64. The predicted octanol–water partition coefficient (Wildman–Crippen LogP) is 3.20. The number of rotatable bonds is 6. The van der Waals surface area contributed by atoms with Gasteiger partial charge in [-0.1, -0.05) is 13.0 Å². The molecule has 1 nitrogen and oxygen atoms in total. The molecule has 1 aromatic carbocycles. The predicted molar refractivity (Wildman–Crippen MR) is 65.7 cm³/mol. The number of hydrogen-bond acceptors (Lipinski definition) is 2. The highest BCUT2D eigenvalue weighted by Crippen LogP contribution is 2.12. The van der Waals surface area contributed by atoms with E-state index >= 15 is 0 Å². The zero-order valence-electron chi connectivity index (χ0n) is 9.59. The number of halogens is 2. The lowest BCUT2D eigenvalue weighted by atomic mass is 10.1. The van der Waals surface area contributed by atoms with Crippen LogP contribution < -0.4 is 5.32 Å². The van der Waals surface area contributed by atoms with Crippen LogP contribution in [0.15, 0.2) is 18.2 Å². The van der Waals surface area contributed by atoms with Crippen molar-refractivity contribution in [2.24, 2.45) is 0 Å². The van der Waals surface area contributed by atoms with E-state index in [1.807, 2.05) is 6.26 Å². The smallest absolute Gasteiger partial charge is 0.130 e. The van der Waals surface area contributed by atoms with Gasteiger partial charge in [0.1, 0.15) is 11.6 Å². The molecule has 0 fully saturated rings. The summed E-state index contributed by atoms with van der Waals surface area (Å²) in [5.41, 5.74) is 0.127. The van der Waals surface area contributed by atoms with Crippen molar-refractivity contribution in [3.63, 3.8) is 0 Å². The van der Waals surface area contributed by atoms with Crippen LogP contribution >= 0.6 is 11.8 Å². The van der Waals surface area contributed by atoms with Gasteiger partial charge in [0.05, 0.1) is 0 Å². The molecule has 0 bridgehead atoms. The van der Waals surface area contributed by atoms with Crippen molar-refractivity contribution in [3.8, 4) is 0 Å². The van der Waals surface area contributed by atoms with Crippen molar-refractivity contribution in [2.75, 3.05) is 12.0 Å². The van der Waals surface area contributed by atoms with Crippen LogP contribution in [0.25, 0.3) is 0 Å². The van der Waals surface area contributed by atoms with Crippen molar-refractivity contribution in [1.82, 2.24) is 5.32 Å². The molecule has 0 aromatic heterocycles. The molecule has 1 atom stereocenters. The molecule has 0 amide bonds. The monoisotopic (exact) mass is 245 g/mol. The van der Waals surface area contributed by atoms with E-state index in [-0.39, 0.29) is 12.1 Å². The van der Waals surface area contributed by atoms with Crippen LogP contribution in [0.5, 0.6) is 0 Å². The van der Waals surface area contributed by atoms with Crippen LogP contribution in [-0.4, -0.2) is 18.1 Å². The fourth-order valence-corrected chi connectivity index (χ4v) is 2.23. The third-order valence-electron chi connectivity index (χ3n) is 2.49. The number of thioether (sulfide) groups is 1. The average molecular weight is 245 g/mol. The van der Waals surface area contributed by atoms with Crippen molar-refractivity contribution in [3.05, 3.63) is 35.4 Å². The summed E-state index contributed by atoms with van der Waals surface area (Å²) in [6, 6.07) is 4.26. The highest BCUT2D eigenvalue weighted by Gasteiger charge is 2.10. The Labute approximate surface area is 99.6 Å². The van der Waals surface area contributed by atoms with Crippen LogP contribution in [0.3, 0.4) is 0 Å². The summed E-state index contributed by atoms with van der Waals surface area (Å²) in [6.45, 7) is 2.31. The Morgan fingerprint density at radius 2 is 1.94 bits per heavy atom. The zero-order valence-corrected chi connectivity index (χ0v) is 10.4. The minimum absolute atomic E-state index is 0.127. The molecule has 90 valence electrons. The molecular formula is C12H17F2NS. The first-order chi connectivity index (χ1) is 7.69. The minimum Gasteiger partial charge on any atom is -0.309 e. The van der Waals surface area contributed by atoms with Crippen molar-refractivity contribution in [2.45, 2.75) is 25.9 Å². The minimum atomic E-state index is -0.480. The molecule has 0 radical (unpaired) electrons. The Kier molecular flexibility index (Phi) is 5.77. The van der Waals surface area contributed by atoms with Gasteiger partial charge in [-0.2, -0.15) is 11.8 Å². The molecule has 4 heteroatoms. The molecule has 1 unspecified atom stereocenters. The summed E-state index contributed by atoms with van der Waals surface area (Å²) >= 11 is 1.73. The van der Waals surface area contributed by atoms with Crippen LogP contribution in [-0.2, 0) is 6.54 Å². The van der Waals surface area contributed by atoms with E-state index in [2.05, 4.69) is 12.2 Å². The van der Waals surface area contributed by atoms with E-state index in [4.69, 9.17) is 0 Å². The molecule has 0 aliphatic rings. The highest BCUT2D eigenvalue weighted by molar-refractivity contribution is 7.98. The van der Waals surface area contributed by atoms with Crippen LogP contribution in [0, 0.1) is 11.6 Å². The van der Waals surface area contributed by atoms with Gasteiger partial charge >= 0.3 is 0 Å². The third-order valence-corrected chi connectivity index (χ3v) is 3.23. The molecule has 0 aliphatic carbocycles. The average Bonchev–Trinajstić information content (AvgIpc) is 2.27. The Morgan fingerprint density at radius 3 is 2.44 bits per heavy atom. The van der Waals surface area contributed by atoms with Crippen LogP contribution in [0.4, 0.5) is 8.78 Å². The summed E-state index contributed by atoms with van der Waals surface area (Å²) in [7, 11) is 0. The summed E-state index contributed by atoms with van der Waals surface area (Å²) in [5.74, 6) is -0.00921. The Hall–Kier alpha value is -0.610. The largest absolute Gasteiger partial charge is 0.309 e. The van der Waals surface area contributed by atoms with Crippen molar-refractivity contribution >= 4 is 11.8 Å². The van der Waals surface area contributed by atoms with Gasteiger partial charge in [0.15, 0.2) is 0 Å². The van der Waals surface area contributed by atoms with Gasteiger partial charge in [-0.25, -0.2) is 8.78 Å². The SMILES string of the molecule is CCC(CSC)NCc1c(F)cccc1F. The number of benzene rings is 1. The second kappa shape index (κ2) is 6.86. The lowest BCUT2D eigenvalue weighted by Crippen LogP contribution is -2.30. The lowest BCUT2D eigenvalue weighted by Gasteiger charge is -2.16. The first-order valence-electron chi connectivity index (χ1n) is 5.34. The van der Waals surface area contributed by atoms with E-state index in [1.54, 1.807) is 11.8 Å². The fraction of sp³-hybridized carbons (Fsp3) is 0.500. The molecule has 1 N–H and O–H groups in total. The van der Waals surface area contributed by atoms with Crippen LogP contribution in [0.2, 0.25) is 0 Å². The van der Waals surface area contributed by atoms with Gasteiger partial charge in [0.2, 0.25) is 0 Å². The topological polar surface area (TPSA) is 12.0 Å². The van der Waals surface area contributed by atoms with E-state index in [0.717, 1.165) is 12.2 Å². The van der Waals surface area contributed by atoms with E-state index in [0.29, 0.717) is 6.04 Å². The quantitative estimate of drug-likeness (QED) is 0.826. The molecule has 0 spiro atoms. The lowest BCUT2D eigenvalue weighted by molar-refractivity contribution is 0.496. The molecule has 0 heterocycles. The van der Waals surface area contributed by atoms with E-state index in [1.165, 1.54) is 18.2 Å². The molecular weight excluding hydrogens is 228 g/mol. The second-order valence-corrected chi connectivity index (χ2v) is 4.55. The summed E-state index contributed by atoms with van der Waals surface area (Å²) in [4.78, 5) is 0. The van der Waals surface area contributed by atoms with Gasteiger partial charge < -0.3 is 5.32 Å². The standard InChI is InChI=1S/C12H17F2NS/c1-3-9(8-16-2)15-7-10-11(13)5-4-6-12(10)14/h4-6,9,15H,3,7-8H2,1-2H3. The third kappa shape index (κ3) is 3.76. The normalized spacial score (nSPS) is 12.8. The molecule has 0 aliphatic heterocycles. The molecule has 0 saturated carbocycles. The maximum absolute atomic E-state index is 13.3. The molecule has 1 rings (SSSR count). The number of hydrogen-bond donors (Lipinski definition) is 1. The van der Waals surface area contributed by atoms with Crippen molar-refractivity contribution < 1.29 is 8.78 Å². The Balaban J connectivity index is 2.59. The molecule has 0 saturated heterocycles. The summed E-state index contributed by atoms with van der Waals surface area (Å²) in [5, 5.41) is 3.17. The Morgan fingerprint density at radius 1 is 1.31 bits per heavy atom. The van der Waals surface area contributed by atoms with Gasteiger partial charge in [-0.15, -0.1) is 0 Å². The summed E-state index contributed by atoms with van der Waals surface area (Å²) < 4.78 is 26.6. The van der Waals surface area contributed by atoms with Gasteiger partial charge in [0.25, 0.3) is 0 Å². The number of nitrogens with one attached hydrogen (secondary N) is 1. The Bertz CT molecular complexity index is 311. The summed E-state index contributed by atoms with van der Waals surface area (Å²) in [6.07, 6.45) is 2.98. The van der Waals surface area contributed by atoms with E-state index < -0.39 is 11.6 Å². The zero-order chi connectivity index (χ0) is 12.0. The first-order valence-corrected chi connectivity index (χ1v) is 6.73. The first kappa shape index (κ1) is 13.5. The van der Waals surface area contributed by atoms with Gasteiger partial charge in [0, 0.05) is 23.9 Å². The maximum atomic E-state index is 13.3. The maximum Gasteiger partial charge on any atom is 0.130 e. The molecule has 1 aromatic rings. The van der Waals surface area contributed by atoms with E-state index in [9.17, 15) is 8.78 Å². The van der Waals surface area contributed by atoms with Gasteiger partial charge in [-0.3, -0.25) is 0 Å². The van der Waals surface area contributed by atoms with Crippen molar-refractivity contribution in [1.29, 1.82) is 0 Å². The molecule has 16 heavy (non-hydrogen) atoms. The van der Waals surface area contributed by atoms with Gasteiger partial charge in [-0.05, 0) is 24.8 Å². The fourth-order valence-electron chi connectivity index (χ4n) is 1.47. The van der Waals surface area contributed by atoms with Crippen LogP contribution in [0.1, 0.15) is 18.9 Å².